The van der Waals surface area contributed by atoms with Gasteiger partial charge in [-0.3, -0.25) is 13.6 Å². The highest BCUT2D eigenvalue weighted by Gasteiger charge is 2.47. The van der Waals surface area contributed by atoms with Crippen molar-refractivity contribution in [3.63, 3.8) is 0 Å². The van der Waals surface area contributed by atoms with E-state index in [-0.39, 0.29) is 0 Å². The Kier molecular flexibility index (Phi) is 4.62. The summed E-state index contributed by atoms with van der Waals surface area (Å²) in [6, 6.07) is 0. The fraction of sp³-hybridized carbons (Fsp3) is 1.00. The van der Waals surface area contributed by atoms with Crippen molar-refractivity contribution in [2.45, 2.75) is 12.2 Å². The topological polar surface area (TPSA) is 113 Å². The van der Waals surface area contributed by atoms with Gasteiger partial charge in [-0.15, -0.1) is 0 Å². The molecule has 0 aliphatic carbocycles. The molecule has 0 aromatic rings. The van der Waals surface area contributed by atoms with Crippen molar-refractivity contribution in [3.8, 4) is 0 Å². The molecule has 1 aliphatic rings. The monoisotopic (exact) mass is 322 g/mol. The molecule has 0 spiro atoms. The lowest BCUT2D eigenvalue weighted by Gasteiger charge is -2.13. The second-order valence-electron chi connectivity index (χ2n) is 4.10. The van der Waals surface area contributed by atoms with Crippen molar-refractivity contribution in [2.75, 3.05) is 31.1 Å². The first-order valence-electron chi connectivity index (χ1n) is 4.82. The molecule has 8 nitrogen and oxygen atoms in total. The Morgan fingerprint density at radius 3 is 1.56 bits per heavy atom. The molecule has 0 radical (unpaired) electrons. The van der Waals surface area contributed by atoms with E-state index in [2.05, 4.69) is 4.52 Å². The van der Waals surface area contributed by atoms with Gasteiger partial charge < -0.3 is 0 Å². The lowest BCUT2D eigenvalue weighted by atomic mass is 10.3. The van der Waals surface area contributed by atoms with Crippen LogP contribution in [0.15, 0.2) is 0 Å². The van der Waals surface area contributed by atoms with Gasteiger partial charge in [-0.1, -0.05) is 0 Å². The molecule has 18 heavy (non-hydrogen) atoms. The number of sulfone groups is 2. The standard InChI is InChI=1S/C7H15O8PS2/c1-13-16(8)14-6(4-17(2,9)10)7(15-16)5-18(3,11)12/h6-7H,4-5H2,1-3H3. The van der Waals surface area contributed by atoms with Crippen LogP contribution in [0, 0.1) is 0 Å². The summed E-state index contributed by atoms with van der Waals surface area (Å²) in [5.74, 6) is -0.971. The van der Waals surface area contributed by atoms with Gasteiger partial charge in [0.25, 0.3) is 0 Å². The maximum absolute atomic E-state index is 11.7. The van der Waals surface area contributed by atoms with E-state index in [0.717, 1.165) is 19.6 Å². The highest BCUT2D eigenvalue weighted by atomic mass is 32.2. The Bertz CT molecular complexity index is 504. The minimum absolute atomic E-state index is 0.486. The number of rotatable bonds is 5. The molecular weight excluding hydrogens is 307 g/mol. The number of hydrogen-bond acceptors (Lipinski definition) is 8. The minimum Gasteiger partial charge on any atom is -0.290 e. The molecule has 11 heteroatoms. The van der Waals surface area contributed by atoms with Gasteiger partial charge in [-0.25, -0.2) is 21.4 Å². The van der Waals surface area contributed by atoms with E-state index in [4.69, 9.17) is 9.05 Å². The smallest absolute Gasteiger partial charge is 0.290 e. The van der Waals surface area contributed by atoms with Crippen molar-refractivity contribution in [1.29, 1.82) is 0 Å². The van der Waals surface area contributed by atoms with Gasteiger partial charge in [0, 0.05) is 19.6 Å². The number of phosphoric ester groups is 1. The van der Waals surface area contributed by atoms with Crippen molar-refractivity contribution >= 4 is 27.5 Å². The zero-order chi connectivity index (χ0) is 14.2. The number of phosphoric acid groups is 1. The third kappa shape index (κ3) is 4.94. The molecule has 0 saturated carbocycles. The van der Waals surface area contributed by atoms with E-state index < -0.39 is 51.2 Å². The molecule has 0 amide bonds. The van der Waals surface area contributed by atoms with Crippen LogP contribution in [0.5, 0.6) is 0 Å². The van der Waals surface area contributed by atoms with E-state index in [1.165, 1.54) is 0 Å². The predicted octanol–water partition coefficient (Wildman–Crippen LogP) is -0.386. The largest absolute Gasteiger partial charge is 0.475 e. The van der Waals surface area contributed by atoms with Crippen LogP contribution in [0.4, 0.5) is 0 Å². The van der Waals surface area contributed by atoms with Crippen molar-refractivity contribution < 1.29 is 35.0 Å². The first-order chi connectivity index (χ1) is 7.94. The zero-order valence-corrected chi connectivity index (χ0v) is 12.6. The van der Waals surface area contributed by atoms with Gasteiger partial charge in [0.05, 0.1) is 11.5 Å². The van der Waals surface area contributed by atoms with Gasteiger partial charge in [-0.05, 0) is 0 Å². The number of hydrogen-bond donors (Lipinski definition) is 0. The van der Waals surface area contributed by atoms with Crippen LogP contribution < -0.4 is 0 Å². The lowest BCUT2D eigenvalue weighted by Crippen LogP contribution is -2.35. The average molecular weight is 322 g/mol. The second kappa shape index (κ2) is 5.18. The molecule has 1 saturated heterocycles. The summed E-state index contributed by atoms with van der Waals surface area (Å²) in [4.78, 5) is 0. The first kappa shape index (κ1) is 16.1. The van der Waals surface area contributed by atoms with Gasteiger partial charge in [-0.2, -0.15) is 0 Å². The van der Waals surface area contributed by atoms with E-state index in [0.29, 0.717) is 0 Å². The van der Waals surface area contributed by atoms with E-state index in [1.54, 1.807) is 0 Å². The van der Waals surface area contributed by atoms with Crippen LogP contribution in [-0.2, 0) is 37.8 Å². The fourth-order valence-electron chi connectivity index (χ4n) is 1.45. The Balaban J connectivity index is 2.94. The molecule has 1 aliphatic heterocycles. The molecule has 1 fully saturated rings. The molecule has 1 rings (SSSR count). The van der Waals surface area contributed by atoms with Crippen LogP contribution in [0.2, 0.25) is 0 Å². The van der Waals surface area contributed by atoms with Gasteiger partial charge >= 0.3 is 7.82 Å². The highest BCUT2D eigenvalue weighted by molar-refractivity contribution is 7.91. The molecular formula is C7H15O8PS2. The zero-order valence-electron chi connectivity index (χ0n) is 10.1. The van der Waals surface area contributed by atoms with Crippen LogP contribution in [-0.4, -0.2) is 60.2 Å². The Morgan fingerprint density at radius 2 is 1.33 bits per heavy atom. The van der Waals surface area contributed by atoms with Gasteiger partial charge in [0.15, 0.2) is 0 Å². The summed E-state index contributed by atoms with van der Waals surface area (Å²) in [6.45, 7) is 0. The summed E-state index contributed by atoms with van der Waals surface area (Å²) >= 11 is 0. The molecule has 2 atom stereocenters. The van der Waals surface area contributed by atoms with Crippen LogP contribution in [0.1, 0.15) is 0 Å². The summed E-state index contributed by atoms with van der Waals surface area (Å²) in [5, 5.41) is 0. The van der Waals surface area contributed by atoms with E-state index >= 15 is 0 Å². The molecule has 1 heterocycles. The Morgan fingerprint density at radius 1 is 1.00 bits per heavy atom. The van der Waals surface area contributed by atoms with Gasteiger partial charge in [0.1, 0.15) is 31.9 Å². The third-order valence-electron chi connectivity index (χ3n) is 2.10. The van der Waals surface area contributed by atoms with Crippen LogP contribution >= 0.6 is 7.82 Å². The minimum atomic E-state index is -3.86. The normalized spacial score (nSPS) is 33.7. The summed E-state index contributed by atoms with van der Waals surface area (Å²) in [5.41, 5.74) is 0. The molecule has 2 unspecified atom stereocenters. The molecule has 0 N–H and O–H groups in total. The van der Waals surface area contributed by atoms with E-state index in [1.807, 2.05) is 0 Å². The molecule has 108 valence electrons. The maximum atomic E-state index is 11.7. The van der Waals surface area contributed by atoms with E-state index in [9.17, 15) is 21.4 Å². The van der Waals surface area contributed by atoms with Crippen molar-refractivity contribution in [3.05, 3.63) is 0 Å². The fourth-order valence-corrected chi connectivity index (χ4v) is 4.72. The molecule has 0 aromatic carbocycles. The summed E-state index contributed by atoms with van der Waals surface area (Å²) in [7, 11) is -9.66. The maximum Gasteiger partial charge on any atom is 0.475 e. The first-order valence-corrected chi connectivity index (χ1v) is 10.4. The lowest BCUT2D eigenvalue weighted by molar-refractivity contribution is 0.191. The van der Waals surface area contributed by atoms with Crippen LogP contribution in [0.3, 0.4) is 0 Å². The summed E-state index contributed by atoms with van der Waals surface area (Å²) < 4.78 is 70.8. The third-order valence-corrected chi connectivity index (χ3v) is 5.47. The molecule has 0 bridgehead atoms. The van der Waals surface area contributed by atoms with Crippen molar-refractivity contribution in [1.82, 2.24) is 0 Å². The summed E-state index contributed by atoms with van der Waals surface area (Å²) in [6.07, 6.45) is -0.325. The van der Waals surface area contributed by atoms with Gasteiger partial charge in [0.2, 0.25) is 0 Å². The highest BCUT2D eigenvalue weighted by Crippen LogP contribution is 2.57. The van der Waals surface area contributed by atoms with Crippen molar-refractivity contribution in [2.24, 2.45) is 0 Å². The average Bonchev–Trinajstić information content (AvgIpc) is 2.38. The Labute approximate surface area is 106 Å². The second-order valence-corrected chi connectivity index (χ2v) is 10.2. The van der Waals surface area contributed by atoms with Crippen LogP contribution in [0.25, 0.3) is 0 Å². The Hall–Kier alpha value is 0.01000. The predicted molar refractivity (Wildman–Crippen MR) is 63.8 cm³/mol. The quantitative estimate of drug-likeness (QED) is 0.629. The SMILES string of the molecule is COP1(=O)OC(CS(C)(=O)=O)C(CS(C)(=O)=O)O1. The molecule has 0 aromatic heterocycles.